The van der Waals surface area contributed by atoms with Gasteiger partial charge in [-0.25, -0.2) is 0 Å². The van der Waals surface area contributed by atoms with Gasteiger partial charge in [0, 0.05) is 24.7 Å². The van der Waals surface area contributed by atoms with E-state index in [4.69, 9.17) is 4.74 Å². The highest BCUT2D eigenvalue weighted by molar-refractivity contribution is 7.98. The van der Waals surface area contributed by atoms with Crippen LogP contribution < -0.4 is 10.1 Å². The number of hydrogen-bond acceptors (Lipinski definition) is 5. The van der Waals surface area contributed by atoms with Crippen LogP contribution in [0.25, 0.3) is 0 Å². The van der Waals surface area contributed by atoms with Crippen LogP contribution in [0, 0.1) is 10.1 Å². The molecule has 0 radical (unpaired) electrons. The summed E-state index contributed by atoms with van der Waals surface area (Å²) in [4.78, 5) is 10.1. The lowest BCUT2D eigenvalue weighted by molar-refractivity contribution is -0.384. The third-order valence-corrected chi connectivity index (χ3v) is 3.31. The SMILES string of the molecule is CSCCC(C)NCCOc1ccc([N+](=O)[O-])cc1. The molecule has 0 heterocycles. The van der Waals surface area contributed by atoms with E-state index < -0.39 is 4.92 Å². The second kappa shape index (κ2) is 8.77. The molecule has 0 bridgehead atoms. The van der Waals surface area contributed by atoms with Crippen LogP contribution in [0.2, 0.25) is 0 Å². The van der Waals surface area contributed by atoms with E-state index >= 15 is 0 Å². The molecule has 1 atom stereocenters. The number of rotatable bonds is 9. The van der Waals surface area contributed by atoms with Gasteiger partial charge < -0.3 is 10.1 Å². The van der Waals surface area contributed by atoms with Crippen LogP contribution in [0.5, 0.6) is 5.75 Å². The van der Waals surface area contributed by atoms with Gasteiger partial charge in [0.2, 0.25) is 0 Å². The lowest BCUT2D eigenvalue weighted by Gasteiger charge is -2.13. The molecule has 0 aliphatic heterocycles. The van der Waals surface area contributed by atoms with Crippen molar-refractivity contribution in [1.29, 1.82) is 0 Å². The smallest absolute Gasteiger partial charge is 0.269 e. The molecule has 0 spiro atoms. The van der Waals surface area contributed by atoms with E-state index in [0.29, 0.717) is 18.4 Å². The van der Waals surface area contributed by atoms with Crippen LogP contribution in [0.4, 0.5) is 5.69 Å². The number of nitrogens with zero attached hydrogens (tertiary/aromatic N) is 1. The maximum Gasteiger partial charge on any atom is 0.269 e. The summed E-state index contributed by atoms with van der Waals surface area (Å²) < 4.78 is 5.51. The number of ether oxygens (including phenoxy) is 1. The average molecular weight is 284 g/mol. The molecule has 1 aromatic rings. The van der Waals surface area contributed by atoms with E-state index in [-0.39, 0.29) is 5.69 Å². The lowest BCUT2D eigenvalue weighted by atomic mass is 10.2. The maximum absolute atomic E-state index is 10.5. The summed E-state index contributed by atoms with van der Waals surface area (Å²) in [6, 6.07) is 6.62. The van der Waals surface area contributed by atoms with Gasteiger partial charge in [0.15, 0.2) is 0 Å². The minimum Gasteiger partial charge on any atom is -0.492 e. The van der Waals surface area contributed by atoms with Gasteiger partial charge in [-0.05, 0) is 37.5 Å². The van der Waals surface area contributed by atoms with E-state index in [0.717, 1.165) is 18.7 Å². The number of nitro groups is 1. The van der Waals surface area contributed by atoms with E-state index in [1.54, 1.807) is 12.1 Å². The average Bonchev–Trinajstić information content (AvgIpc) is 2.41. The Bertz CT molecular complexity index is 384. The van der Waals surface area contributed by atoms with Crippen molar-refractivity contribution >= 4 is 17.4 Å². The fraction of sp³-hybridized carbons (Fsp3) is 0.538. The highest BCUT2D eigenvalue weighted by Gasteiger charge is 2.04. The zero-order valence-corrected chi connectivity index (χ0v) is 12.1. The van der Waals surface area contributed by atoms with Gasteiger partial charge in [-0.2, -0.15) is 11.8 Å². The highest BCUT2D eigenvalue weighted by Crippen LogP contribution is 2.16. The number of thioether (sulfide) groups is 1. The fourth-order valence-electron chi connectivity index (χ4n) is 1.53. The van der Waals surface area contributed by atoms with Gasteiger partial charge in [0.25, 0.3) is 5.69 Å². The first kappa shape index (κ1) is 15.8. The molecule has 106 valence electrons. The maximum atomic E-state index is 10.5. The Hall–Kier alpha value is -1.27. The predicted molar refractivity (Wildman–Crippen MR) is 79.1 cm³/mol. The third-order valence-electron chi connectivity index (χ3n) is 2.67. The van der Waals surface area contributed by atoms with E-state index in [1.807, 2.05) is 11.8 Å². The van der Waals surface area contributed by atoms with Crippen molar-refractivity contribution in [2.24, 2.45) is 0 Å². The molecule has 1 N–H and O–H groups in total. The van der Waals surface area contributed by atoms with E-state index in [2.05, 4.69) is 18.5 Å². The number of nitro benzene ring substituents is 1. The van der Waals surface area contributed by atoms with Crippen molar-refractivity contribution in [2.75, 3.05) is 25.2 Å². The van der Waals surface area contributed by atoms with E-state index in [1.165, 1.54) is 12.1 Å². The Labute approximate surface area is 117 Å². The molecule has 1 aromatic carbocycles. The van der Waals surface area contributed by atoms with Gasteiger partial charge in [0.05, 0.1) is 4.92 Å². The van der Waals surface area contributed by atoms with Crippen molar-refractivity contribution in [3.63, 3.8) is 0 Å². The minimum absolute atomic E-state index is 0.0798. The van der Waals surface area contributed by atoms with E-state index in [9.17, 15) is 10.1 Å². The van der Waals surface area contributed by atoms with Crippen LogP contribution in [0.1, 0.15) is 13.3 Å². The normalized spacial score (nSPS) is 12.1. The monoisotopic (exact) mass is 284 g/mol. The summed E-state index contributed by atoms with van der Waals surface area (Å²) in [6.45, 7) is 3.48. The van der Waals surface area contributed by atoms with Gasteiger partial charge in [-0.1, -0.05) is 0 Å². The van der Waals surface area contributed by atoms with Crippen molar-refractivity contribution in [1.82, 2.24) is 5.32 Å². The third kappa shape index (κ3) is 6.45. The number of benzene rings is 1. The molecule has 1 rings (SSSR count). The van der Waals surface area contributed by atoms with Crippen LogP contribution in [-0.2, 0) is 0 Å². The minimum atomic E-state index is -0.418. The van der Waals surface area contributed by atoms with Crippen molar-refractivity contribution < 1.29 is 9.66 Å². The zero-order chi connectivity index (χ0) is 14.1. The van der Waals surface area contributed by atoms with Crippen LogP contribution in [0.3, 0.4) is 0 Å². The summed E-state index contributed by atoms with van der Waals surface area (Å²) >= 11 is 1.84. The second-order valence-corrected chi connectivity index (χ2v) is 5.22. The number of non-ortho nitro benzene ring substituents is 1. The standard InChI is InChI=1S/C13H20N2O3S/c1-11(7-10-19-2)14-8-9-18-13-5-3-12(4-6-13)15(16)17/h3-6,11,14H,7-10H2,1-2H3. The van der Waals surface area contributed by atoms with Gasteiger partial charge in [-0.3, -0.25) is 10.1 Å². The Morgan fingerprint density at radius 1 is 1.42 bits per heavy atom. The molecule has 6 heteroatoms. The van der Waals surface area contributed by atoms with Crippen molar-refractivity contribution in [3.05, 3.63) is 34.4 Å². The topological polar surface area (TPSA) is 64.4 Å². The first-order chi connectivity index (χ1) is 9.13. The molecule has 0 aliphatic rings. The molecule has 0 aromatic heterocycles. The molecular weight excluding hydrogens is 264 g/mol. The first-order valence-electron chi connectivity index (χ1n) is 6.23. The van der Waals surface area contributed by atoms with Crippen LogP contribution in [-0.4, -0.2) is 36.1 Å². The Morgan fingerprint density at radius 3 is 2.68 bits per heavy atom. The number of nitrogens with one attached hydrogen (secondary N) is 1. The fourth-order valence-corrected chi connectivity index (χ4v) is 2.12. The molecule has 0 amide bonds. The zero-order valence-electron chi connectivity index (χ0n) is 11.3. The highest BCUT2D eigenvalue weighted by atomic mass is 32.2. The summed E-state index contributed by atoms with van der Waals surface area (Å²) in [5.41, 5.74) is 0.0798. The van der Waals surface area contributed by atoms with Crippen molar-refractivity contribution in [2.45, 2.75) is 19.4 Å². The molecule has 0 saturated carbocycles. The molecule has 0 aliphatic carbocycles. The lowest BCUT2D eigenvalue weighted by Crippen LogP contribution is -2.30. The predicted octanol–water partition coefficient (Wildman–Crippen LogP) is 2.70. The summed E-state index contributed by atoms with van der Waals surface area (Å²) in [7, 11) is 0. The largest absolute Gasteiger partial charge is 0.492 e. The Balaban J connectivity index is 2.20. The summed E-state index contributed by atoms with van der Waals surface area (Å²) in [5, 5.41) is 13.9. The molecule has 0 fully saturated rings. The molecule has 0 saturated heterocycles. The van der Waals surface area contributed by atoms with Gasteiger partial charge in [-0.15, -0.1) is 0 Å². The Morgan fingerprint density at radius 2 is 2.11 bits per heavy atom. The number of hydrogen-bond donors (Lipinski definition) is 1. The summed E-state index contributed by atoms with van der Waals surface area (Å²) in [5.74, 6) is 1.81. The van der Waals surface area contributed by atoms with Crippen LogP contribution in [0.15, 0.2) is 24.3 Å². The molecule has 5 nitrogen and oxygen atoms in total. The van der Waals surface area contributed by atoms with Crippen LogP contribution >= 0.6 is 11.8 Å². The molecule has 1 unspecified atom stereocenters. The first-order valence-corrected chi connectivity index (χ1v) is 7.62. The van der Waals surface area contributed by atoms with Crippen molar-refractivity contribution in [3.8, 4) is 5.75 Å². The molecule has 19 heavy (non-hydrogen) atoms. The Kier molecular flexibility index (Phi) is 7.28. The van der Waals surface area contributed by atoms with Gasteiger partial charge in [0.1, 0.15) is 12.4 Å². The molecular formula is C13H20N2O3S. The second-order valence-electron chi connectivity index (χ2n) is 4.24. The quantitative estimate of drug-likeness (QED) is 0.429. The van der Waals surface area contributed by atoms with Gasteiger partial charge >= 0.3 is 0 Å². The summed E-state index contributed by atoms with van der Waals surface area (Å²) in [6.07, 6.45) is 3.24.